The Morgan fingerprint density at radius 3 is 2.59 bits per heavy atom. The lowest BCUT2D eigenvalue weighted by atomic mass is 9.79. The minimum Gasteiger partial charge on any atom is -0.423 e. The van der Waals surface area contributed by atoms with Crippen LogP contribution in [-0.4, -0.2) is 23.1 Å². The molecule has 0 heterocycles. The Morgan fingerprint density at radius 2 is 1.91 bits per heavy atom. The zero-order valence-electron chi connectivity index (χ0n) is 11.8. The van der Waals surface area contributed by atoms with Gasteiger partial charge in [-0.15, -0.1) is 0 Å². The number of hydrogen-bond donors (Lipinski definition) is 3. The number of carbonyl (C=O) groups excluding carboxylic acids is 1. The topological polar surface area (TPSA) is 69.6 Å². The molecule has 2 aromatic rings. The summed E-state index contributed by atoms with van der Waals surface area (Å²) >= 11 is 0. The van der Waals surface area contributed by atoms with Gasteiger partial charge in [0.05, 0.1) is 0 Å². The Balaban J connectivity index is 2.14. The first-order chi connectivity index (χ1) is 10.4. The predicted molar refractivity (Wildman–Crippen MR) is 78.5 cm³/mol. The number of halogens is 2. The molecule has 0 bridgehead atoms. The average molecular weight is 305 g/mol. The standard InChI is InChI=1S/C15H14BF2NO3/c1-9-2-3-14(18)11(4-9)8-19-15(20)10-5-12(16(21)22)7-13(17)6-10/h2-7,21-22H,8H2,1H3,(H,19,20). The van der Waals surface area contributed by atoms with Crippen molar-refractivity contribution in [3.8, 4) is 0 Å². The highest BCUT2D eigenvalue weighted by atomic mass is 19.1. The van der Waals surface area contributed by atoms with Crippen LogP contribution in [0.5, 0.6) is 0 Å². The quantitative estimate of drug-likeness (QED) is 0.735. The summed E-state index contributed by atoms with van der Waals surface area (Å²) < 4.78 is 26.9. The maximum Gasteiger partial charge on any atom is 0.488 e. The first kappa shape index (κ1) is 16.1. The Kier molecular flexibility index (Phi) is 4.90. The minimum absolute atomic E-state index is 0.0557. The van der Waals surface area contributed by atoms with Gasteiger partial charge in [0, 0.05) is 17.7 Å². The number of carbonyl (C=O) groups is 1. The first-order valence-corrected chi connectivity index (χ1v) is 6.56. The van der Waals surface area contributed by atoms with E-state index in [4.69, 9.17) is 10.0 Å². The van der Waals surface area contributed by atoms with E-state index in [0.717, 1.165) is 23.8 Å². The third-order valence-corrected chi connectivity index (χ3v) is 3.12. The molecule has 4 nitrogen and oxygen atoms in total. The Bertz CT molecular complexity index is 707. The lowest BCUT2D eigenvalue weighted by molar-refractivity contribution is 0.0950. The molecular formula is C15H14BF2NO3. The maximum atomic E-state index is 13.6. The van der Waals surface area contributed by atoms with Gasteiger partial charge in [-0.05, 0) is 36.7 Å². The highest BCUT2D eigenvalue weighted by molar-refractivity contribution is 6.58. The largest absolute Gasteiger partial charge is 0.488 e. The molecule has 0 unspecified atom stereocenters. The highest BCUT2D eigenvalue weighted by Gasteiger charge is 2.16. The number of amides is 1. The van der Waals surface area contributed by atoms with Crippen molar-refractivity contribution in [1.82, 2.24) is 5.32 Å². The number of nitrogens with one attached hydrogen (secondary N) is 1. The predicted octanol–water partition coefficient (Wildman–Crippen LogP) is 0.883. The smallest absolute Gasteiger partial charge is 0.423 e. The molecule has 0 spiro atoms. The molecule has 0 aliphatic rings. The van der Waals surface area contributed by atoms with Gasteiger partial charge in [-0.3, -0.25) is 4.79 Å². The molecule has 0 aliphatic heterocycles. The Labute approximate surface area is 126 Å². The summed E-state index contributed by atoms with van der Waals surface area (Å²) in [5.41, 5.74) is 0.956. The van der Waals surface area contributed by atoms with Gasteiger partial charge in [0.1, 0.15) is 11.6 Å². The molecule has 114 valence electrons. The molecule has 0 aromatic heterocycles. The summed E-state index contributed by atoms with van der Waals surface area (Å²) in [5, 5.41) is 20.5. The average Bonchev–Trinajstić information content (AvgIpc) is 2.47. The number of aryl methyl sites for hydroxylation is 1. The second-order valence-corrected chi connectivity index (χ2v) is 4.92. The summed E-state index contributed by atoms with van der Waals surface area (Å²) in [7, 11) is -1.88. The maximum absolute atomic E-state index is 13.6. The van der Waals surface area contributed by atoms with Crippen molar-refractivity contribution in [2.24, 2.45) is 0 Å². The Hall–Kier alpha value is -2.25. The van der Waals surface area contributed by atoms with Crippen molar-refractivity contribution < 1.29 is 23.6 Å². The van der Waals surface area contributed by atoms with Crippen LogP contribution in [0.3, 0.4) is 0 Å². The summed E-state index contributed by atoms with van der Waals surface area (Å²) in [4.78, 5) is 12.0. The molecule has 0 saturated carbocycles. The van der Waals surface area contributed by atoms with Crippen molar-refractivity contribution in [2.75, 3.05) is 0 Å². The fourth-order valence-corrected chi connectivity index (χ4v) is 2.01. The van der Waals surface area contributed by atoms with Gasteiger partial charge < -0.3 is 15.4 Å². The SMILES string of the molecule is Cc1ccc(F)c(CNC(=O)c2cc(F)cc(B(O)O)c2)c1. The van der Waals surface area contributed by atoms with E-state index in [9.17, 15) is 13.6 Å². The fraction of sp³-hybridized carbons (Fsp3) is 0.133. The van der Waals surface area contributed by atoms with Crippen molar-refractivity contribution in [3.05, 3.63) is 64.7 Å². The monoisotopic (exact) mass is 305 g/mol. The normalized spacial score (nSPS) is 10.4. The van der Waals surface area contributed by atoms with Crippen LogP contribution in [-0.2, 0) is 6.54 Å². The van der Waals surface area contributed by atoms with Crippen LogP contribution in [0, 0.1) is 18.6 Å². The minimum atomic E-state index is -1.88. The molecule has 1 amide bonds. The van der Waals surface area contributed by atoms with E-state index in [-0.39, 0.29) is 17.6 Å². The highest BCUT2D eigenvalue weighted by Crippen LogP contribution is 2.10. The molecular weight excluding hydrogens is 291 g/mol. The van der Waals surface area contributed by atoms with Crippen molar-refractivity contribution in [1.29, 1.82) is 0 Å². The van der Waals surface area contributed by atoms with Crippen molar-refractivity contribution in [2.45, 2.75) is 13.5 Å². The third-order valence-electron chi connectivity index (χ3n) is 3.12. The van der Waals surface area contributed by atoms with Crippen LogP contribution in [0.15, 0.2) is 36.4 Å². The van der Waals surface area contributed by atoms with E-state index in [1.807, 2.05) is 0 Å². The molecule has 3 N–H and O–H groups in total. The number of hydrogen-bond acceptors (Lipinski definition) is 3. The van der Waals surface area contributed by atoms with Crippen LogP contribution in [0.25, 0.3) is 0 Å². The summed E-state index contributed by atoms with van der Waals surface area (Å²) in [6.07, 6.45) is 0. The van der Waals surface area contributed by atoms with Crippen LogP contribution < -0.4 is 10.8 Å². The molecule has 22 heavy (non-hydrogen) atoms. The van der Waals surface area contributed by atoms with Gasteiger partial charge in [0.25, 0.3) is 5.91 Å². The summed E-state index contributed by atoms with van der Waals surface area (Å²) in [6.45, 7) is 1.74. The van der Waals surface area contributed by atoms with E-state index >= 15 is 0 Å². The van der Waals surface area contributed by atoms with Gasteiger partial charge in [-0.25, -0.2) is 8.78 Å². The van der Waals surface area contributed by atoms with Crippen LogP contribution in [0.1, 0.15) is 21.5 Å². The fourth-order valence-electron chi connectivity index (χ4n) is 2.01. The lowest BCUT2D eigenvalue weighted by Crippen LogP contribution is -2.32. The van der Waals surface area contributed by atoms with Crippen molar-refractivity contribution in [3.63, 3.8) is 0 Å². The van der Waals surface area contributed by atoms with Gasteiger partial charge >= 0.3 is 7.12 Å². The molecule has 2 rings (SSSR count). The molecule has 0 radical (unpaired) electrons. The van der Waals surface area contributed by atoms with E-state index in [1.165, 1.54) is 6.07 Å². The van der Waals surface area contributed by atoms with Gasteiger partial charge in [-0.2, -0.15) is 0 Å². The molecule has 2 aromatic carbocycles. The van der Waals surface area contributed by atoms with E-state index in [2.05, 4.69) is 5.32 Å². The van der Waals surface area contributed by atoms with Gasteiger partial charge in [0.15, 0.2) is 0 Å². The molecule has 0 fully saturated rings. The van der Waals surface area contributed by atoms with Crippen LogP contribution >= 0.6 is 0 Å². The van der Waals surface area contributed by atoms with E-state index < -0.39 is 24.7 Å². The second-order valence-electron chi connectivity index (χ2n) is 4.92. The Morgan fingerprint density at radius 1 is 1.18 bits per heavy atom. The van der Waals surface area contributed by atoms with Gasteiger partial charge in [-0.1, -0.05) is 17.7 Å². The second kappa shape index (κ2) is 6.68. The molecule has 0 saturated heterocycles. The zero-order valence-corrected chi connectivity index (χ0v) is 11.8. The van der Waals surface area contributed by atoms with E-state index in [1.54, 1.807) is 19.1 Å². The molecule has 0 aliphatic carbocycles. The third kappa shape index (κ3) is 3.90. The van der Waals surface area contributed by atoms with E-state index in [0.29, 0.717) is 5.56 Å². The number of benzene rings is 2. The van der Waals surface area contributed by atoms with Crippen LogP contribution in [0.4, 0.5) is 8.78 Å². The van der Waals surface area contributed by atoms with Gasteiger partial charge in [0.2, 0.25) is 0 Å². The van der Waals surface area contributed by atoms with Crippen LogP contribution in [0.2, 0.25) is 0 Å². The first-order valence-electron chi connectivity index (χ1n) is 6.56. The molecule has 0 atom stereocenters. The lowest BCUT2D eigenvalue weighted by Gasteiger charge is -2.09. The molecule has 7 heteroatoms. The number of rotatable bonds is 4. The summed E-state index contributed by atoms with van der Waals surface area (Å²) in [5.74, 6) is -1.85. The van der Waals surface area contributed by atoms with Crippen molar-refractivity contribution >= 4 is 18.5 Å². The zero-order chi connectivity index (χ0) is 16.3. The summed E-state index contributed by atoms with van der Waals surface area (Å²) in [6, 6.07) is 7.57.